The maximum Gasteiger partial charge on any atom is 0.337 e. The molecule has 0 aromatic heterocycles. The maximum absolute atomic E-state index is 10.8. The van der Waals surface area contributed by atoms with Crippen molar-refractivity contribution < 1.29 is 14.6 Å². The third kappa shape index (κ3) is 1.97. The number of benzene rings is 1. The second-order valence-corrected chi connectivity index (χ2v) is 3.34. The van der Waals surface area contributed by atoms with Gasteiger partial charge in [0.1, 0.15) is 5.75 Å². The molecule has 0 spiro atoms. The Morgan fingerprint density at radius 1 is 1.64 bits per heavy atom. The van der Waals surface area contributed by atoms with Gasteiger partial charge in [0, 0.05) is 6.07 Å². The molecular weight excluding hydrogens is 252 g/mol. The van der Waals surface area contributed by atoms with E-state index >= 15 is 0 Å². The molecule has 0 atom stereocenters. The molecule has 0 aliphatic rings. The van der Waals surface area contributed by atoms with Crippen LogP contribution in [0.1, 0.15) is 10.4 Å². The number of rotatable bonds is 3. The number of nitrogens with two attached hydrogens (primary N) is 1. The van der Waals surface area contributed by atoms with Crippen LogP contribution in [0.2, 0.25) is 0 Å². The van der Waals surface area contributed by atoms with Crippen LogP contribution in [-0.4, -0.2) is 18.2 Å². The van der Waals surface area contributed by atoms with Crippen molar-refractivity contribution in [3.63, 3.8) is 0 Å². The van der Waals surface area contributed by atoms with Gasteiger partial charge in [-0.1, -0.05) is 0 Å². The lowest BCUT2D eigenvalue weighted by Gasteiger charge is -2.09. The molecule has 0 saturated carbocycles. The largest absolute Gasteiger partial charge is 0.495 e. The molecule has 0 bridgehead atoms. The number of nitrogens with one attached hydrogen (secondary N) is 1. The van der Waals surface area contributed by atoms with Gasteiger partial charge in [0.05, 0.1) is 22.8 Å². The third-order valence-corrected chi connectivity index (χ3v) is 2.30. The second kappa shape index (κ2) is 4.30. The van der Waals surface area contributed by atoms with Gasteiger partial charge >= 0.3 is 5.97 Å². The average Bonchev–Trinajstić information content (AvgIpc) is 2.17. The summed E-state index contributed by atoms with van der Waals surface area (Å²) in [7, 11) is 1.49. The van der Waals surface area contributed by atoms with Gasteiger partial charge in [-0.25, -0.2) is 4.79 Å². The van der Waals surface area contributed by atoms with E-state index in [0.717, 1.165) is 0 Å². The van der Waals surface area contributed by atoms with Crippen molar-refractivity contribution >= 4 is 27.6 Å². The minimum Gasteiger partial charge on any atom is -0.495 e. The first kappa shape index (κ1) is 10.8. The molecule has 5 nitrogen and oxygen atoms in total. The molecule has 0 radical (unpaired) electrons. The number of anilines is 1. The molecule has 0 aliphatic heterocycles. The highest BCUT2D eigenvalue weighted by atomic mass is 79.9. The lowest BCUT2D eigenvalue weighted by Crippen LogP contribution is -2.12. The van der Waals surface area contributed by atoms with Crippen LogP contribution in [0.3, 0.4) is 0 Å². The smallest absolute Gasteiger partial charge is 0.337 e. The molecule has 0 fully saturated rings. The van der Waals surface area contributed by atoms with Crippen LogP contribution >= 0.6 is 15.9 Å². The Bertz CT molecular complexity index is 368. The summed E-state index contributed by atoms with van der Waals surface area (Å²) in [5.41, 5.74) is 2.68. The predicted octanol–water partition coefficient (Wildman–Crippen LogP) is 1.44. The topological polar surface area (TPSA) is 84.6 Å². The van der Waals surface area contributed by atoms with Gasteiger partial charge in [-0.2, -0.15) is 0 Å². The van der Waals surface area contributed by atoms with Crippen LogP contribution in [0, 0.1) is 0 Å². The summed E-state index contributed by atoms with van der Waals surface area (Å²) >= 11 is 3.18. The zero-order valence-corrected chi connectivity index (χ0v) is 8.96. The SMILES string of the molecule is COc1cc(NN)c(C(=O)O)cc1Br. The first-order valence-corrected chi connectivity index (χ1v) is 4.47. The molecule has 1 rings (SSSR count). The van der Waals surface area contributed by atoms with Gasteiger partial charge in [0.2, 0.25) is 0 Å². The molecule has 0 heterocycles. The Morgan fingerprint density at radius 3 is 2.71 bits per heavy atom. The number of ether oxygens (including phenoxy) is 1. The molecule has 14 heavy (non-hydrogen) atoms. The Morgan fingerprint density at radius 2 is 2.29 bits per heavy atom. The van der Waals surface area contributed by atoms with E-state index in [2.05, 4.69) is 21.4 Å². The molecule has 76 valence electrons. The highest BCUT2D eigenvalue weighted by Crippen LogP contribution is 2.30. The lowest BCUT2D eigenvalue weighted by atomic mass is 10.2. The lowest BCUT2D eigenvalue weighted by molar-refractivity contribution is 0.0698. The standard InChI is InChI=1S/C8H9BrN2O3/c1-14-7-3-6(11-10)4(8(12)13)2-5(7)9/h2-3,11H,10H2,1H3,(H,12,13). The summed E-state index contributed by atoms with van der Waals surface area (Å²) in [6.07, 6.45) is 0. The minimum atomic E-state index is -1.05. The Labute approximate surface area is 89.0 Å². The number of hydrogen-bond donors (Lipinski definition) is 3. The number of carboxylic acids is 1. The Balaban J connectivity index is 3.31. The van der Waals surface area contributed by atoms with E-state index in [1.807, 2.05) is 0 Å². The van der Waals surface area contributed by atoms with E-state index < -0.39 is 5.97 Å². The predicted molar refractivity (Wildman–Crippen MR) is 55.5 cm³/mol. The molecule has 6 heteroatoms. The van der Waals surface area contributed by atoms with Crippen molar-refractivity contribution in [1.29, 1.82) is 0 Å². The van der Waals surface area contributed by atoms with E-state index in [0.29, 0.717) is 15.9 Å². The van der Waals surface area contributed by atoms with Crippen LogP contribution in [0.15, 0.2) is 16.6 Å². The van der Waals surface area contributed by atoms with Gasteiger partial charge in [-0.15, -0.1) is 0 Å². The van der Waals surface area contributed by atoms with Crippen LogP contribution < -0.4 is 16.0 Å². The molecule has 1 aromatic rings. The average molecular weight is 261 g/mol. The van der Waals surface area contributed by atoms with E-state index in [4.69, 9.17) is 15.7 Å². The van der Waals surface area contributed by atoms with Gasteiger partial charge in [-0.3, -0.25) is 5.84 Å². The first-order valence-electron chi connectivity index (χ1n) is 3.67. The quantitative estimate of drug-likeness (QED) is 0.566. The van der Waals surface area contributed by atoms with Crippen molar-refractivity contribution in [3.05, 3.63) is 22.2 Å². The number of nitrogen functional groups attached to an aromatic ring is 1. The van der Waals surface area contributed by atoms with E-state index in [1.165, 1.54) is 19.2 Å². The zero-order chi connectivity index (χ0) is 10.7. The van der Waals surface area contributed by atoms with Gasteiger partial charge in [-0.05, 0) is 22.0 Å². The fourth-order valence-corrected chi connectivity index (χ4v) is 1.51. The fraction of sp³-hybridized carbons (Fsp3) is 0.125. The number of carboxylic acid groups (broad SMARTS) is 1. The van der Waals surface area contributed by atoms with Crippen LogP contribution in [0.4, 0.5) is 5.69 Å². The van der Waals surface area contributed by atoms with Crippen LogP contribution in [0.25, 0.3) is 0 Å². The summed E-state index contributed by atoms with van der Waals surface area (Å²) in [6, 6.07) is 2.93. The summed E-state index contributed by atoms with van der Waals surface area (Å²) in [6.45, 7) is 0. The van der Waals surface area contributed by atoms with Crippen LogP contribution in [-0.2, 0) is 0 Å². The van der Waals surface area contributed by atoms with Crippen molar-refractivity contribution in [2.24, 2.45) is 5.84 Å². The number of hydrogen-bond acceptors (Lipinski definition) is 4. The van der Waals surface area contributed by atoms with Crippen molar-refractivity contribution in [2.75, 3.05) is 12.5 Å². The normalized spacial score (nSPS) is 9.64. The van der Waals surface area contributed by atoms with Crippen molar-refractivity contribution in [3.8, 4) is 5.75 Å². The number of carbonyl (C=O) groups is 1. The molecule has 1 aromatic carbocycles. The monoisotopic (exact) mass is 260 g/mol. The Hall–Kier alpha value is -1.27. The molecule has 0 saturated heterocycles. The second-order valence-electron chi connectivity index (χ2n) is 2.48. The number of halogens is 1. The summed E-state index contributed by atoms with van der Waals surface area (Å²) < 4.78 is 5.55. The molecular formula is C8H9BrN2O3. The van der Waals surface area contributed by atoms with E-state index in [9.17, 15) is 4.79 Å². The van der Waals surface area contributed by atoms with E-state index in [1.54, 1.807) is 0 Å². The first-order chi connectivity index (χ1) is 6.60. The van der Waals surface area contributed by atoms with Crippen LogP contribution in [0.5, 0.6) is 5.75 Å². The van der Waals surface area contributed by atoms with Crippen molar-refractivity contribution in [1.82, 2.24) is 0 Å². The summed E-state index contributed by atoms with van der Waals surface area (Å²) in [4.78, 5) is 10.8. The van der Waals surface area contributed by atoms with Gasteiger partial charge in [0.25, 0.3) is 0 Å². The third-order valence-electron chi connectivity index (χ3n) is 1.68. The highest BCUT2D eigenvalue weighted by Gasteiger charge is 2.13. The van der Waals surface area contributed by atoms with Gasteiger partial charge in [0.15, 0.2) is 0 Å². The fourth-order valence-electron chi connectivity index (χ4n) is 1.01. The molecule has 0 amide bonds. The summed E-state index contributed by atoms with van der Waals surface area (Å²) in [5, 5.41) is 8.83. The van der Waals surface area contributed by atoms with Gasteiger partial charge < -0.3 is 15.3 Å². The maximum atomic E-state index is 10.8. The van der Waals surface area contributed by atoms with E-state index in [-0.39, 0.29) is 5.56 Å². The molecule has 4 N–H and O–H groups in total. The molecule has 0 aliphatic carbocycles. The highest BCUT2D eigenvalue weighted by molar-refractivity contribution is 9.10. The minimum absolute atomic E-state index is 0.0835. The number of hydrazine groups is 1. The summed E-state index contributed by atoms with van der Waals surface area (Å²) in [5.74, 6) is 4.64. The van der Waals surface area contributed by atoms with Crippen molar-refractivity contribution in [2.45, 2.75) is 0 Å². The Kier molecular flexibility index (Phi) is 3.32. The number of methoxy groups -OCH3 is 1. The molecule has 0 unspecified atom stereocenters. The zero-order valence-electron chi connectivity index (χ0n) is 7.37. The number of aromatic carboxylic acids is 1.